The Bertz CT molecular complexity index is 7980. The van der Waals surface area contributed by atoms with E-state index in [1.165, 1.54) is 87.0 Å². The first-order valence-electron chi connectivity index (χ1n) is 44.0. The number of fused-ring (bicyclic) bond motifs is 18. The lowest BCUT2D eigenvalue weighted by Gasteiger charge is -2.12. The predicted octanol–water partition coefficient (Wildman–Crippen LogP) is 27.6. The summed E-state index contributed by atoms with van der Waals surface area (Å²) in [4.78, 5) is 47.8. The SMILES string of the molecule is c1ccc(-c2cc(-n3c4ccccc4c4cc(-n5c6ccccc6c6ccccc65)ccc43)nc(-c3ccccc3)n2)cc1.c1ccc(-c2nc(-c3ccncc3)cc(-n3c4ccccc4c4cc(-n5c6ccccc6c6ccccc65)ccc43)n2)cc1.c1ccc2c(c1)c1ccccc1n2-c1ccc2c(c1)c1ccccc1n2-c1nc(-c2ccncc2)nc(-c2ccncc2)n1. The number of nitrogens with zero attached hydrogens (tertiary/aromatic N) is 16. The van der Waals surface area contributed by atoms with E-state index < -0.39 is 0 Å². The van der Waals surface area contributed by atoms with Crippen LogP contribution in [-0.4, -0.2) is 77.2 Å². The topological polar surface area (TPSA) is 158 Å². The zero-order valence-electron chi connectivity index (χ0n) is 70.9. The van der Waals surface area contributed by atoms with Crippen molar-refractivity contribution in [3.05, 3.63) is 450 Å². The number of rotatable bonds is 12. The molecule has 0 aliphatic carbocycles. The molecule has 618 valence electrons. The van der Waals surface area contributed by atoms with Gasteiger partial charge in [-0.25, -0.2) is 24.9 Å². The van der Waals surface area contributed by atoms with Crippen molar-refractivity contribution >= 4 is 131 Å². The number of para-hydroxylation sites is 9. The van der Waals surface area contributed by atoms with Crippen molar-refractivity contribution in [3.8, 4) is 103 Å². The van der Waals surface area contributed by atoms with Gasteiger partial charge < -0.3 is 13.7 Å². The zero-order chi connectivity index (χ0) is 87.1. The molecule has 0 unspecified atom stereocenters. The van der Waals surface area contributed by atoms with Crippen molar-refractivity contribution in [2.24, 2.45) is 0 Å². The van der Waals surface area contributed by atoms with Crippen LogP contribution in [0.15, 0.2) is 450 Å². The first-order chi connectivity index (χ1) is 65.5. The molecule has 12 aromatic heterocycles. The Kier molecular flexibility index (Phi) is 18.5. The van der Waals surface area contributed by atoms with Gasteiger partial charge in [-0.2, -0.15) is 9.97 Å². The molecule has 0 N–H and O–H groups in total. The van der Waals surface area contributed by atoms with Crippen molar-refractivity contribution in [1.82, 2.24) is 77.2 Å². The molecule has 0 amide bonds. The van der Waals surface area contributed by atoms with Crippen LogP contribution < -0.4 is 0 Å². The van der Waals surface area contributed by atoms with Crippen LogP contribution >= 0.6 is 0 Å². The molecular formula is C116H74N16. The van der Waals surface area contributed by atoms with E-state index in [2.05, 4.69) is 376 Å². The minimum atomic E-state index is 0.550. The van der Waals surface area contributed by atoms with E-state index >= 15 is 0 Å². The fourth-order valence-corrected chi connectivity index (χ4v) is 19.3. The van der Waals surface area contributed by atoms with Gasteiger partial charge in [-0.3, -0.25) is 28.7 Å². The number of pyridine rings is 3. The first kappa shape index (κ1) is 76.2. The Morgan fingerprint density at radius 1 is 0.144 bits per heavy atom. The van der Waals surface area contributed by atoms with Crippen LogP contribution in [0.1, 0.15) is 0 Å². The van der Waals surface area contributed by atoms with Crippen LogP contribution in [0.25, 0.3) is 234 Å². The fraction of sp³-hybridized carbons (Fsp3) is 0. The third-order valence-electron chi connectivity index (χ3n) is 25.2. The minimum Gasteiger partial charge on any atom is -0.309 e. The highest BCUT2D eigenvalue weighted by Crippen LogP contribution is 2.43. The van der Waals surface area contributed by atoms with Gasteiger partial charge in [0.15, 0.2) is 23.3 Å². The molecular weight excluding hydrogens is 1620 g/mol. The summed E-state index contributed by atoms with van der Waals surface area (Å²) in [5, 5.41) is 14.5. The largest absolute Gasteiger partial charge is 0.309 e. The molecule has 27 rings (SSSR count). The second-order valence-corrected chi connectivity index (χ2v) is 32.7. The summed E-state index contributed by atoms with van der Waals surface area (Å²) in [5.74, 6) is 4.76. The van der Waals surface area contributed by atoms with Gasteiger partial charge in [-0.05, 0) is 146 Å². The maximum atomic E-state index is 5.17. The van der Waals surface area contributed by atoms with Crippen molar-refractivity contribution in [1.29, 1.82) is 0 Å². The summed E-state index contributed by atoms with van der Waals surface area (Å²) < 4.78 is 13.8. The van der Waals surface area contributed by atoms with Crippen molar-refractivity contribution in [3.63, 3.8) is 0 Å². The minimum absolute atomic E-state index is 0.550. The Labute approximate surface area is 755 Å². The lowest BCUT2D eigenvalue weighted by molar-refractivity contribution is 0.952. The summed E-state index contributed by atoms with van der Waals surface area (Å²) in [6.45, 7) is 0. The first-order valence-corrected chi connectivity index (χ1v) is 44.0. The molecule has 0 aliphatic heterocycles. The van der Waals surface area contributed by atoms with E-state index in [-0.39, 0.29) is 0 Å². The number of hydrogen-bond acceptors (Lipinski definition) is 10. The van der Waals surface area contributed by atoms with E-state index in [0.717, 1.165) is 117 Å². The highest BCUT2D eigenvalue weighted by Gasteiger charge is 2.25. The van der Waals surface area contributed by atoms with Gasteiger partial charge in [0.25, 0.3) is 0 Å². The molecule has 16 heteroatoms. The average Bonchev–Trinajstić information content (AvgIpc) is 1.58. The van der Waals surface area contributed by atoms with Gasteiger partial charge in [0.05, 0.1) is 77.6 Å². The van der Waals surface area contributed by atoms with Crippen LogP contribution in [0.2, 0.25) is 0 Å². The van der Waals surface area contributed by atoms with Gasteiger partial charge in [-0.15, -0.1) is 0 Å². The molecule has 16 nitrogen and oxygen atoms in total. The Hall–Kier alpha value is -18.3. The smallest absolute Gasteiger partial charge is 0.238 e. The summed E-state index contributed by atoms with van der Waals surface area (Å²) in [7, 11) is 0. The molecule has 0 atom stereocenters. The van der Waals surface area contributed by atoms with Crippen LogP contribution in [0.4, 0.5) is 0 Å². The molecule has 0 saturated heterocycles. The zero-order valence-corrected chi connectivity index (χ0v) is 70.9. The third kappa shape index (κ3) is 13.1. The summed E-state index contributed by atoms with van der Waals surface area (Å²) in [6, 6.07) is 144. The van der Waals surface area contributed by atoms with Gasteiger partial charge in [0.2, 0.25) is 5.95 Å². The molecule has 132 heavy (non-hydrogen) atoms. The molecule has 15 aromatic carbocycles. The molecule has 12 heterocycles. The maximum Gasteiger partial charge on any atom is 0.238 e. The Morgan fingerprint density at radius 3 is 0.674 bits per heavy atom. The highest BCUT2D eigenvalue weighted by molar-refractivity contribution is 6.16. The molecule has 27 aromatic rings. The average molecular weight is 1690 g/mol. The highest BCUT2D eigenvalue weighted by atomic mass is 15.2. The summed E-state index contributed by atoms with van der Waals surface area (Å²) >= 11 is 0. The lowest BCUT2D eigenvalue weighted by Crippen LogP contribution is -2.06. The van der Waals surface area contributed by atoms with Crippen molar-refractivity contribution in [2.45, 2.75) is 0 Å². The monoisotopic (exact) mass is 1690 g/mol. The third-order valence-corrected chi connectivity index (χ3v) is 25.2. The Balaban J connectivity index is 0.000000106. The normalized spacial score (nSPS) is 11.6. The van der Waals surface area contributed by atoms with E-state index in [0.29, 0.717) is 29.2 Å². The van der Waals surface area contributed by atoms with E-state index in [4.69, 9.17) is 34.9 Å². The van der Waals surface area contributed by atoms with Crippen molar-refractivity contribution in [2.75, 3.05) is 0 Å². The molecule has 0 fully saturated rings. The molecule has 0 spiro atoms. The van der Waals surface area contributed by atoms with E-state index in [1.807, 2.05) is 78.9 Å². The summed E-state index contributed by atoms with van der Waals surface area (Å²) in [5.41, 5.74) is 24.5. The van der Waals surface area contributed by atoms with E-state index in [9.17, 15) is 0 Å². The van der Waals surface area contributed by atoms with Gasteiger partial charge in [0, 0.05) is 164 Å². The maximum absolute atomic E-state index is 5.17. The lowest BCUT2D eigenvalue weighted by atomic mass is 10.1. The van der Waals surface area contributed by atoms with Crippen LogP contribution in [0.5, 0.6) is 0 Å². The molecule has 0 saturated carbocycles. The van der Waals surface area contributed by atoms with Gasteiger partial charge >= 0.3 is 0 Å². The number of benzene rings is 15. The van der Waals surface area contributed by atoms with Gasteiger partial charge in [-0.1, -0.05) is 255 Å². The van der Waals surface area contributed by atoms with Crippen LogP contribution in [0, 0.1) is 0 Å². The number of hydrogen-bond donors (Lipinski definition) is 0. The van der Waals surface area contributed by atoms with Gasteiger partial charge in [0.1, 0.15) is 11.6 Å². The van der Waals surface area contributed by atoms with E-state index in [1.54, 1.807) is 37.2 Å². The van der Waals surface area contributed by atoms with Crippen LogP contribution in [0.3, 0.4) is 0 Å². The molecule has 0 bridgehead atoms. The Morgan fingerprint density at radius 2 is 0.364 bits per heavy atom. The predicted molar refractivity (Wildman–Crippen MR) is 536 cm³/mol. The number of aromatic nitrogens is 16. The second-order valence-electron chi connectivity index (χ2n) is 32.7. The standard InChI is InChI=1S/C40H26N4.C39H25N5.C37H23N7/c1-3-13-27(14-4-1)34-26-39(42-40(41-34)28-15-5-2-6-16-28)44-37-22-12-9-19-32(37)33-25-29(23-24-38(33)44)43-35-20-10-7-17-30(35)31-18-8-11-21-36(31)43;1-2-10-27(11-3-1)39-41-33(26-20-22-40-23-21-26)25-38(42-39)44-36-17-9-6-14-31(36)32-24-28(18-19-37(32)44)43-34-15-7-4-12-29(34)30-13-5-8-16-35(30)43;1-4-10-31-27(7-1)28-8-2-5-11-32(28)43(31)26-13-14-34-30(23-26)29-9-3-6-12-33(29)44(34)37-41-35(24-15-19-38-20-16-24)40-36(42-37)25-17-21-39-22-18-25/h1-26H;1-25H;1-23H. The molecule has 0 radical (unpaired) electrons. The molecule has 0 aliphatic rings. The van der Waals surface area contributed by atoms with Crippen molar-refractivity contribution < 1.29 is 0 Å². The quantitative estimate of drug-likeness (QED) is 0.115. The fourth-order valence-electron chi connectivity index (χ4n) is 19.3. The van der Waals surface area contributed by atoms with Crippen LogP contribution in [-0.2, 0) is 0 Å². The second kappa shape index (κ2) is 32.0. The summed E-state index contributed by atoms with van der Waals surface area (Å²) in [6.07, 6.45) is 10.6.